The summed E-state index contributed by atoms with van der Waals surface area (Å²) in [7, 11) is 2.14. The molecule has 2 aliphatic heterocycles. The highest BCUT2D eigenvalue weighted by molar-refractivity contribution is 5.97. The van der Waals surface area contributed by atoms with E-state index in [1.807, 2.05) is 45.0 Å². The highest BCUT2D eigenvalue weighted by atomic mass is 16.6. The van der Waals surface area contributed by atoms with Crippen molar-refractivity contribution in [2.75, 3.05) is 50.0 Å². The Bertz CT molecular complexity index is 691. The zero-order valence-electron chi connectivity index (χ0n) is 17.4. The predicted molar refractivity (Wildman–Crippen MR) is 111 cm³/mol. The lowest BCUT2D eigenvalue weighted by Gasteiger charge is -2.34. The fourth-order valence-electron chi connectivity index (χ4n) is 3.62. The molecular weight excluding hydrogens is 356 g/mol. The van der Waals surface area contributed by atoms with Gasteiger partial charge in [0.1, 0.15) is 11.6 Å². The molecule has 7 nitrogen and oxygen atoms in total. The lowest BCUT2D eigenvalue weighted by Crippen LogP contribution is -2.45. The van der Waals surface area contributed by atoms with Gasteiger partial charge in [-0.15, -0.1) is 0 Å². The monoisotopic (exact) mass is 388 g/mol. The van der Waals surface area contributed by atoms with Crippen LogP contribution in [-0.4, -0.2) is 73.2 Å². The summed E-state index contributed by atoms with van der Waals surface area (Å²) < 4.78 is 5.44. The third kappa shape index (κ3) is 5.16. The molecule has 0 aromatic heterocycles. The van der Waals surface area contributed by atoms with Gasteiger partial charge in [-0.05, 0) is 64.9 Å². The van der Waals surface area contributed by atoms with Gasteiger partial charge in [0.15, 0.2) is 0 Å². The number of piperazine rings is 1. The van der Waals surface area contributed by atoms with Gasteiger partial charge in [0.05, 0.1) is 0 Å². The van der Waals surface area contributed by atoms with Crippen LogP contribution in [0.5, 0.6) is 0 Å². The summed E-state index contributed by atoms with van der Waals surface area (Å²) in [6, 6.07) is 7.46. The van der Waals surface area contributed by atoms with Crippen LogP contribution in [0.4, 0.5) is 16.2 Å². The van der Waals surface area contributed by atoms with Crippen molar-refractivity contribution in [2.45, 2.75) is 45.3 Å². The second-order valence-electron chi connectivity index (χ2n) is 8.66. The summed E-state index contributed by atoms with van der Waals surface area (Å²) in [5.74, 6) is -0.157. The Hall–Kier alpha value is -2.28. The van der Waals surface area contributed by atoms with E-state index in [-0.39, 0.29) is 5.91 Å². The Morgan fingerprint density at radius 2 is 1.68 bits per heavy atom. The van der Waals surface area contributed by atoms with Gasteiger partial charge in [-0.25, -0.2) is 4.79 Å². The summed E-state index contributed by atoms with van der Waals surface area (Å²) in [6.45, 7) is 10.2. The summed E-state index contributed by atoms with van der Waals surface area (Å²) in [6.07, 6.45) is 1.04. The highest BCUT2D eigenvalue weighted by Gasteiger charge is 2.36. The van der Waals surface area contributed by atoms with Crippen molar-refractivity contribution in [1.82, 2.24) is 9.80 Å². The molecule has 0 saturated carbocycles. The fraction of sp³-hybridized carbons (Fsp3) is 0.619. The maximum atomic E-state index is 12.7. The van der Waals surface area contributed by atoms with E-state index in [0.717, 1.165) is 38.3 Å². The second-order valence-corrected chi connectivity index (χ2v) is 8.66. The molecule has 154 valence electrons. The van der Waals surface area contributed by atoms with E-state index in [0.29, 0.717) is 13.0 Å². The Labute approximate surface area is 167 Å². The molecular formula is C21H32N4O3. The number of likely N-dealkylation sites (N-methyl/N-ethyl adjacent to an activating group) is 1. The molecule has 3 rings (SSSR count). The molecule has 0 radical (unpaired) electrons. The largest absolute Gasteiger partial charge is 0.444 e. The van der Waals surface area contributed by atoms with Crippen LogP contribution in [-0.2, 0) is 9.53 Å². The van der Waals surface area contributed by atoms with Crippen LogP contribution in [0.3, 0.4) is 0 Å². The summed E-state index contributed by atoms with van der Waals surface area (Å²) in [4.78, 5) is 31.3. The number of hydrogen-bond acceptors (Lipinski definition) is 5. The second kappa shape index (κ2) is 8.39. The minimum Gasteiger partial charge on any atom is -0.444 e. The third-order valence-electron chi connectivity index (χ3n) is 5.19. The van der Waals surface area contributed by atoms with Crippen LogP contribution >= 0.6 is 0 Å². The SMILES string of the molecule is CN1CCN(c2ccc(NC(=O)[C@H]3CCCN3C(=O)OC(C)(C)C)cc2)CC1. The van der Waals surface area contributed by atoms with Gasteiger partial charge in [-0.2, -0.15) is 0 Å². The Morgan fingerprint density at radius 1 is 1.04 bits per heavy atom. The number of nitrogens with one attached hydrogen (secondary N) is 1. The smallest absolute Gasteiger partial charge is 0.410 e. The Morgan fingerprint density at radius 3 is 2.29 bits per heavy atom. The molecule has 7 heteroatoms. The topological polar surface area (TPSA) is 65.1 Å². The van der Waals surface area contributed by atoms with Crippen LogP contribution in [0.15, 0.2) is 24.3 Å². The average Bonchev–Trinajstić information content (AvgIpc) is 3.12. The first-order valence-electron chi connectivity index (χ1n) is 10.1. The Balaban J connectivity index is 1.58. The van der Waals surface area contributed by atoms with Crippen molar-refractivity contribution >= 4 is 23.4 Å². The molecule has 2 aliphatic rings. The lowest BCUT2D eigenvalue weighted by atomic mass is 10.2. The van der Waals surface area contributed by atoms with Gasteiger partial charge in [0.2, 0.25) is 5.91 Å². The standard InChI is InChI=1S/C21H32N4O3/c1-21(2,3)28-20(27)25-11-5-6-18(25)19(26)22-16-7-9-17(10-8-16)24-14-12-23(4)13-15-24/h7-10,18H,5-6,11-15H2,1-4H3,(H,22,26)/t18-/m1/s1. The van der Waals surface area contributed by atoms with Crippen LogP contribution in [0.2, 0.25) is 0 Å². The van der Waals surface area contributed by atoms with Crippen LogP contribution in [0, 0.1) is 0 Å². The number of anilines is 2. The molecule has 1 atom stereocenters. The summed E-state index contributed by atoms with van der Waals surface area (Å²) >= 11 is 0. The van der Waals surface area contributed by atoms with E-state index in [2.05, 4.69) is 22.2 Å². The highest BCUT2D eigenvalue weighted by Crippen LogP contribution is 2.23. The lowest BCUT2D eigenvalue weighted by molar-refractivity contribution is -0.120. The molecule has 1 aromatic rings. The van der Waals surface area contributed by atoms with Gasteiger partial charge in [0, 0.05) is 44.1 Å². The molecule has 0 unspecified atom stereocenters. The number of carbonyl (C=O) groups excluding carboxylic acids is 2. The number of amides is 2. The van der Waals surface area contributed by atoms with Crippen LogP contribution in [0.1, 0.15) is 33.6 Å². The first kappa shape index (κ1) is 20.5. The maximum absolute atomic E-state index is 12.7. The van der Waals surface area contributed by atoms with Gasteiger partial charge in [-0.3, -0.25) is 9.69 Å². The molecule has 0 spiro atoms. The van der Waals surface area contributed by atoms with Gasteiger partial charge >= 0.3 is 6.09 Å². The average molecular weight is 389 g/mol. The van der Waals surface area contributed by atoms with Crippen molar-refractivity contribution in [3.8, 4) is 0 Å². The molecule has 1 aromatic carbocycles. The molecule has 0 aliphatic carbocycles. The van der Waals surface area contributed by atoms with E-state index in [1.54, 1.807) is 4.90 Å². The summed E-state index contributed by atoms with van der Waals surface area (Å²) in [5.41, 5.74) is 1.35. The summed E-state index contributed by atoms with van der Waals surface area (Å²) in [5, 5.41) is 2.95. The quantitative estimate of drug-likeness (QED) is 0.863. The van der Waals surface area contributed by atoms with Gasteiger partial charge < -0.3 is 19.9 Å². The predicted octanol–water partition coefficient (Wildman–Crippen LogP) is 2.78. The molecule has 0 bridgehead atoms. The van der Waals surface area contributed by atoms with Gasteiger partial charge in [0.25, 0.3) is 0 Å². The molecule has 28 heavy (non-hydrogen) atoms. The number of benzene rings is 1. The van der Waals surface area contributed by atoms with Crippen molar-refractivity contribution in [3.05, 3.63) is 24.3 Å². The molecule has 2 heterocycles. The van der Waals surface area contributed by atoms with E-state index >= 15 is 0 Å². The van der Waals surface area contributed by atoms with Crippen molar-refractivity contribution in [2.24, 2.45) is 0 Å². The normalized spacial score (nSPS) is 20.9. The van der Waals surface area contributed by atoms with Crippen LogP contribution in [0.25, 0.3) is 0 Å². The number of likely N-dealkylation sites (tertiary alicyclic amines) is 1. The Kier molecular flexibility index (Phi) is 6.13. The number of ether oxygens (including phenoxy) is 1. The minimum absolute atomic E-state index is 0.157. The van der Waals surface area contributed by atoms with E-state index in [1.165, 1.54) is 5.69 Å². The van der Waals surface area contributed by atoms with E-state index in [4.69, 9.17) is 4.74 Å². The first-order valence-corrected chi connectivity index (χ1v) is 10.1. The maximum Gasteiger partial charge on any atom is 0.410 e. The minimum atomic E-state index is -0.570. The molecule has 2 amide bonds. The van der Waals surface area contributed by atoms with Crippen molar-refractivity contribution in [3.63, 3.8) is 0 Å². The van der Waals surface area contributed by atoms with Crippen molar-refractivity contribution < 1.29 is 14.3 Å². The molecule has 2 saturated heterocycles. The van der Waals surface area contributed by atoms with E-state index < -0.39 is 17.7 Å². The fourth-order valence-corrected chi connectivity index (χ4v) is 3.62. The van der Waals surface area contributed by atoms with Gasteiger partial charge in [-0.1, -0.05) is 0 Å². The number of rotatable bonds is 3. The molecule has 2 fully saturated rings. The van der Waals surface area contributed by atoms with Crippen LogP contribution < -0.4 is 10.2 Å². The molecule has 1 N–H and O–H groups in total. The third-order valence-corrected chi connectivity index (χ3v) is 5.19. The number of hydrogen-bond donors (Lipinski definition) is 1. The first-order chi connectivity index (χ1) is 13.2. The zero-order chi connectivity index (χ0) is 20.3. The zero-order valence-corrected chi connectivity index (χ0v) is 17.4. The number of carbonyl (C=O) groups is 2. The van der Waals surface area contributed by atoms with E-state index in [9.17, 15) is 9.59 Å². The number of nitrogens with zero attached hydrogens (tertiary/aromatic N) is 3. The van der Waals surface area contributed by atoms with Crippen molar-refractivity contribution in [1.29, 1.82) is 0 Å².